The van der Waals surface area contributed by atoms with E-state index in [0.29, 0.717) is 0 Å². The van der Waals surface area contributed by atoms with Gasteiger partial charge < -0.3 is 5.11 Å². The molecule has 1 aromatic carbocycles. The highest BCUT2D eigenvalue weighted by Crippen LogP contribution is 2.29. The Kier molecular flexibility index (Phi) is 4.26. The maximum Gasteiger partial charge on any atom is 0.335 e. The molecule has 3 N–H and O–H groups in total. The molecule has 0 aliphatic heterocycles. The van der Waals surface area contributed by atoms with E-state index in [1.54, 1.807) is 0 Å². The molecule has 21 heavy (non-hydrogen) atoms. The number of aromatic nitrogens is 1. The fourth-order valence-electron chi connectivity index (χ4n) is 1.45. The zero-order chi connectivity index (χ0) is 15.6. The molecular formula is C12H9FN2O4S2. The molecule has 110 valence electrons. The van der Waals surface area contributed by atoms with E-state index in [1.165, 1.54) is 30.5 Å². The largest absolute Gasteiger partial charge is 0.478 e. The second-order valence-electron chi connectivity index (χ2n) is 3.93. The summed E-state index contributed by atoms with van der Waals surface area (Å²) in [5.74, 6) is -1.90. The van der Waals surface area contributed by atoms with Crippen molar-refractivity contribution in [2.75, 3.05) is 0 Å². The third kappa shape index (κ3) is 3.78. The highest BCUT2D eigenvalue weighted by atomic mass is 32.2. The minimum atomic E-state index is -3.98. The lowest BCUT2D eigenvalue weighted by Crippen LogP contribution is -2.12. The highest BCUT2D eigenvalue weighted by molar-refractivity contribution is 7.99. The fraction of sp³-hybridized carbons (Fsp3) is 0. The van der Waals surface area contributed by atoms with Gasteiger partial charge in [-0.2, -0.15) is 0 Å². The van der Waals surface area contributed by atoms with Crippen molar-refractivity contribution in [3.05, 3.63) is 47.9 Å². The first-order valence-corrected chi connectivity index (χ1v) is 7.83. The van der Waals surface area contributed by atoms with Gasteiger partial charge in [0.05, 0.1) is 10.5 Å². The number of primary sulfonamides is 1. The van der Waals surface area contributed by atoms with Crippen LogP contribution in [0, 0.1) is 5.82 Å². The number of nitrogens with two attached hydrogens (primary N) is 1. The number of carboxylic acid groups (broad SMARTS) is 1. The lowest BCUT2D eigenvalue weighted by molar-refractivity contribution is 0.0696. The number of rotatable bonds is 4. The number of carboxylic acids is 1. The average Bonchev–Trinajstić information content (AvgIpc) is 2.40. The van der Waals surface area contributed by atoms with Gasteiger partial charge in [0.25, 0.3) is 0 Å². The summed E-state index contributed by atoms with van der Waals surface area (Å²) in [5, 5.41) is 14.0. The monoisotopic (exact) mass is 328 g/mol. The van der Waals surface area contributed by atoms with Crippen LogP contribution in [0.1, 0.15) is 10.4 Å². The Morgan fingerprint density at radius 2 is 2.00 bits per heavy atom. The summed E-state index contributed by atoms with van der Waals surface area (Å²) in [6.45, 7) is 0. The van der Waals surface area contributed by atoms with Crippen LogP contribution in [0.5, 0.6) is 0 Å². The van der Waals surface area contributed by atoms with Gasteiger partial charge in [-0.1, -0.05) is 11.8 Å². The van der Waals surface area contributed by atoms with Gasteiger partial charge in [-0.3, -0.25) is 0 Å². The van der Waals surface area contributed by atoms with Gasteiger partial charge in [0.2, 0.25) is 10.0 Å². The third-order valence-electron chi connectivity index (χ3n) is 2.43. The van der Waals surface area contributed by atoms with Crippen molar-refractivity contribution in [3.8, 4) is 0 Å². The van der Waals surface area contributed by atoms with Crippen molar-refractivity contribution >= 4 is 27.8 Å². The minimum absolute atomic E-state index is 0.0223. The van der Waals surface area contributed by atoms with E-state index in [9.17, 15) is 17.6 Å². The predicted octanol–water partition coefficient (Wildman–Crippen LogP) is 1.72. The Hall–Kier alpha value is -1.97. The molecule has 1 aromatic heterocycles. The summed E-state index contributed by atoms with van der Waals surface area (Å²) in [7, 11) is -3.98. The summed E-state index contributed by atoms with van der Waals surface area (Å²) in [4.78, 5) is 14.5. The first-order valence-electron chi connectivity index (χ1n) is 5.47. The van der Waals surface area contributed by atoms with Crippen LogP contribution in [0.4, 0.5) is 4.39 Å². The van der Waals surface area contributed by atoms with E-state index in [-0.39, 0.29) is 20.4 Å². The summed E-state index contributed by atoms with van der Waals surface area (Å²) in [6, 6.07) is 5.82. The molecule has 0 aliphatic carbocycles. The number of hydrogen-bond donors (Lipinski definition) is 2. The Bertz CT molecular complexity index is 809. The predicted molar refractivity (Wildman–Crippen MR) is 73.1 cm³/mol. The van der Waals surface area contributed by atoms with Gasteiger partial charge in [0, 0.05) is 11.1 Å². The van der Waals surface area contributed by atoms with Crippen molar-refractivity contribution in [1.29, 1.82) is 0 Å². The van der Waals surface area contributed by atoms with Crippen molar-refractivity contribution in [1.82, 2.24) is 4.98 Å². The van der Waals surface area contributed by atoms with Crippen molar-refractivity contribution < 1.29 is 22.7 Å². The lowest BCUT2D eigenvalue weighted by Gasteiger charge is -2.05. The molecule has 6 nitrogen and oxygen atoms in total. The molecule has 0 saturated heterocycles. The number of carbonyl (C=O) groups is 1. The van der Waals surface area contributed by atoms with Crippen LogP contribution in [0.3, 0.4) is 0 Å². The normalized spacial score (nSPS) is 11.3. The molecule has 0 aliphatic rings. The zero-order valence-electron chi connectivity index (χ0n) is 10.4. The van der Waals surface area contributed by atoms with Crippen LogP contribution in [-0.4, -0.2) is 24.5 Å². The summed E-state index contributed by atoms with van der Waals surface area (Å²) in [6.07, 6.45) is 1.29. The van der Waals surface area contributed by atoms with E-state index in [2.05, 4.69) is 4.98 Å². The van der Waals surface area contributed by atoms with Crippen LogP contribution in [0.25, 0.3) is 0 Å². The fourth-order valence-corrected chi connectivity index (χ4v) is 2.79. The van der Waals surface area contributed by atoms with Crippen LogP contribution in [0.15, 0.2) is 51.3 Å². The number of aromatic carboxylic acids is 1. The standard InChI is InChI=1S/C12H9FN2O4S2/c13-9-6-8(21(14,18)19)1-2-10(9)20-11-5-7(12(16)17)3-4-15-11/h1-6H,(H,16,17)(H2,14,18,19). The third-order valence-corrected chi connectivity index (χ3v) is 4.32. The first kappa shape index (κ1) is 15.4. The van der Waals surface area contributed by atoms with Gasteiger partial charge >= 0.3 is 5.97 Å². The molecule has 0 spiro atoms. The molecule has 0 saturated carbocycles. The Morgan fingerprint density at radius 3 is 2.57 bits per heavy atom. The highest BCUT2D eigenvalue weighted by Gasteiger charge is 2.13. The van der Waals surface area contributed by atoms with E-state index in [1.807, 2.05) is 0 Å². The number of sulfonamides is 1. The summed E-state index contributed by atoms with van der Waals surface area (Å²) >= 11 is 0.880. The second-order valence-corrected chi connectivity index (χ2v) is 6.55. The maximum atomic E-state index is 13.8. The van der Waals surface area contributed by atoms with Crippen molar-refractivity contribution in [2.45, 2.75) is 14.8 Å². The molecule has 0 atom stereocenters. The smallest absolute Gasteiger partial charge is 0.335 e. The number of halogens is 1. The van der Waals surface area contributed by atoms with Gasteiger partial charge in [0.15, 0.2) is 0 Å². The minimum Gasteiger partial charge on any atom is -0.478 e. The first-order chi connectivity index (χ1) is 9.77. The van der Waals surface area contributed by atoms with Gasteiger partial charge in [0.1, 0.15) is 10.8 Å². The zero-order valence-corrected chi connectivity index (χ0v) is 12.0. The molecule has 0 bridgehead atoms. The SMILES string of the molecule is NS(=O)(=O)c1ccc(Sc2cc(C(=O)O)ccn2)c(F)c1. The van der Waals surface area contributed by atoms with E-state index in [4.69, 9.17) is 10.2 Å². The lowest BCUT2D eigenvalue weighted by atomic mass is 10.3. The number of nitrogens with zero attached hydrogens (tertiary/aromatic N) is 1. The number of benzene rings is 1. The van der Waals surface area contributed by atoms with Gasteiger partial charge in [-0.25, -0.2) is 27.7 Å². The quantitative estimate of drug-likeness (QED) is 0.884. The number of hydrogen-bond acceptors (Lipinski definition) is 5. The Balaban J connectivity index is 2.32. The molecule has 2 rings (SSSR count). The van der Waals surface area contributed by atoms with Gasteiger partial charge in [-0.05, 0) is 30.3 Å². The van der Waals surface area contributed by atoms with Crippen LogP contribution in [-0.2, 0) is 10.0 Å². The molecule has 0 unspecified atom stereocenters. The van der Waals surface area contributed by atoms with Crippen molar-refractivity contribution in [3.63, 3.8) is 0 Å². The summed E-state index contributed by atoms with van der Waals surface area (Å²) < 4.78 is 36.0. The molecule has 0 radical (unpaired) electrons. The molecule has 2 aromatic rings. The van der Waals surface area contributed by atoms with E-state index >= 15 is 0 Å². The average molecular weight is 328 g/mol. The Morgan fingerprint density at radius 1 is 1.29 bits per heavy atom. The van der Waals surface area contributed by atoms with Crippen LogP contribution in [0.2, 0.25) is 0 Å². The molecule has 0 amide bonds. The van der Waals surface area contributed by atoms with Crippen LogP contribution >= 0.6 is 11.8 Å². The van der Waals surface area contributed by atoms with Crippen LogP contribution < -0.4 is 5.14 Å². The number of pyridine rings is 1. The maximum absolute atomic E-state index is 13.8. The van der Waals surface area contributed by atoms with Crippen molar-refractivity contribution in [2.24, 2.45) is 5.14 Å². The van der Waals surface area contributed by atoms with E-state index in [0.717, 1.165) is 17.8 Å². The molecule has 9 heteroatoms. The molecular weight excluding hydrogens is 319 g/mol. The molecule has 0 fully saturated rings. The topological polar surface area (TPSA) is 110 Å². The van der Waals surface area contributed by atoms with Gasteiger partial charge in [-0.15, -0.1) is 0 Å². The summed E-state index contributed by atoms with van der Waals surface area (Å²) in [5.41, 5.74) is 0.0223. The molecule has 1 heterocycles. The van der Waals surface area contributed by atoms with E-state index < -0.39 is 21.8 Å². The Labute approximate surface area is 123 Å². The second kappa shape index (κ2) is 5.80.